The lowest BCUT2D eigenvalue weighted by atomic mass is 9.97. The molecule has 2 aromatic rings. The lowest BCUT2D eigenvalue weighted by Gasteiger charge is -2.29. The number of nitrogens with zero attached hydrogens (tertiary/aromatic N) is 4. The first-order valence-corrected chi connectivity index (χ1v) is 9.06. The fourth-order valence-electron chi connectivity index (χ4n) is 3.48. The van der Waals surface area contributed by atoms with Crippen molar-refractivity contribution in [3.8, 4) is 0 Å². The fourth-order valence-corrected chi connectivity index (χ4v) is 3.81. The molecule has 3 rings (SSSR count). The molecule has 3 heterocycles. The van der Waals surface area contributed by atoms with E-state index in [0.29, 0.717) is 0 Å². The first-order chi connectivity index (χ1) is 11.9. The number of hydrogen-bond acceptors (Lipinski definition) is 3. The maximum Gasteiger partial charge on any atom is 0.170 e. The van der Waals surface area contributed by atoms with Crippen molar-refractivity contribution >= 4 is 17.3 Å². The Morgan fingerprint density at radius 3 is 2.60 bits per heavy atom. The summed E-state index contributed by atoms with van der Waals surface area (Å²) in [5, 5.41) is 4.32. The molecule has 1 saturated heterocycles. The molecule has 1 aliphatic heterocycles. The Bertz CT molecular complexity index is 753. The number of hydrogen-bond donors (Lipinski definition) is 1. The highest BCUT2D eigenvalue weighted by Gasteiger charge is 2.40. The summed E-state index contributed by atoms with van der Waals surface area (Å²) >= 11 is 5.69. The molecule has 0 amide bonds. The predicted molar refractivity (Wildman–Crippen MR) is 106 cm³/mol. The van der Waals surface area contributed by atoms with Gasteiger partial charge in [-0.05, 0) is 63.9 Å². The van der Waals surface area contributed by atoms with Gasteiger partial charge in [-0.15, -0.1) is 0 Å². The van der Waals surface area contributed by atoms with Gasteiger partial charge in [0.2, 0.25) is 0 Å². The zero-order chi connectivity index (χ0) is 18.1. The predicted octanol–water partition coefficient (Wildman–Crippen LogP) is 2.57. The molecule has 0 spiro atoms. The van der Waals surface area contributed by atoms with E-state index in [2.05, 4.69) is 71.8 Å². The molecule has 1 aliphatic rings. The molecule has 6 heteroatoms. The molecule has 1 N–H and O–H groups in total. The SMILES string of the molecule is Cc1cc([C@@H]2[C@H](c3ccccn3)NC(=S)N2CCN(C)C)c(C)n1C. The molecule has 0 aromatic carbocycles. The van der Waals surface area contributed by atoms with E-state index < -0.39 is 0 Å². The number of likely N-dealkylation sites (N-methyl/N-ethyl adjacent to an activating group) is 1. The zero-order valence-corrected chi connectivity index (χ0v) is 16.5. The Morgan fingerprint density at radius 1 is 1.28 bits per heavy atom. The van der Waals surface area contributed by atoms with Crippen LogP contribution in [-0.2, 0) is 7.05 Å². The van der Waals surface area contributed by atoms with Crippen molar-refractivity contribution in [3.05, 3.63) is 53.1 Å². The summed E-state index contributed by atoms with van der Waals surface area (Å²) in [4.78, 5) is 9.10. The smallest absolute Gasteiger partial charge is 0.170 e. The van der Waals surface area contributed by atoms with Gasteiger partial charge in [-0.25, -0.2) is 0 Å². The normalized spacial score (nSPS) is 20.4. The van der Waals surface area contributed by atoms with Crippen LogP contribution in [0.5, 0.6) is 0 Å². The van der Waals surface area contributed by atoms with E-state index in [0.717, 1.165) is 23.9 Å². The second-order valence-electron chi connectivity index (χ2n) is 7.01. The van der Waals surface area contributed by atoms with Crippen molar-refractivity contribution in [3.63, 3.8) is 0 Å². The summed E-state index contributed by atoms with van der Waals surface area (Å²) in [5.74, 6) is 0. The van der Waals surface area contributed by atoms with Gasteiger partial charge >= 0.3 is 0 Å². The van der Waals surface area contributed by atoms with Crippen LogP contribution in [0, 0.1) is 13.8 Å². The van der Waals surface area contributed by atoms with Crippen LogP contribution >= 0.6 is 12.2 Å². The first kappa shape index (κ1) is 17.9. The maximum absolute atomic E-state index is 5.69. The summed E-state index contributed by atoms with van der Waals surface area (Å²) < 4.78 is 2.25. The summed E-state index contributed by atoms with van der Waals surface area (Å²) in [7, 11) is 6.31. The van der Waals surface area contributed by atoms with Gasteiger partial charge in [0.1, 0.15) is 0 Å². The van der Waals surface area contributed by atoms with Crippen molar-refractivity contribution in [2.24, 2.45) is 7.05 Å². The van der Waals surface area contributed by atoms with Gasteiger partial charge in [0.05, 0.1) is 17.8 Å². The second-order valence-corrected chi connectivity index (χ2v) is 7.40. The van der Waals surface area contributed by atoms with E-state index in [-0.39, 0.29) is 12.1 Å². The first-order valence-electron chi connectivity index (χ1n) is 8.65. The Hall–Kier alpha value is -1.92. The summed E-state index contributed by atoms with van der Waals surface area (Å²) in [6.45, 7) is 6.18. The van der Waals surface area contributed by atoms with Crippen LogP contribution in [-0.4, -0.2) is 51.6 Å². The molecule has 0 bridgehead atoms. The Morgan fingerprint density at radius 2 is 2.04 bits per heavy atom. The average Bonchev–Trinajstić information content (AvgIpc) is 3.05. The second kappa shape index (κ2) is 7.14. The molecule has 0 radical (unpaired) electrons. The highest BCUT2D eigenvalue weighted by Crippen LogP contribution is 2.40. The minimum Gasteiger partial charge on any atom is -0.352 e. The molecule has 0 unspecified atom stereocenters. The van der Waals surface area contributed by atoms with Crippen molar-refractivity contribution in [1.29, 1.82) is 0 Å². The van der Waals surface area contributed by atoms with E-state index in [1.807, 2.05) is 18.3 Å². The zero-order valence-electron chi connectivity index (χ0n) is 15.7. The lowest BCUT2D eigenvalue weighted by molar-refractivity contribution is 0.277. The standard InChI is InChI=1S/C19H27N5S/c1-13-12-15(14(2)23(13)5)18-17(16-8-6-7-9-20-16)21-19(25)24(18)11-10-22(3)4/h6-9,12,17-18H,10-11H2,1-5H3,(H,21,25)/t17-,18+/m0/s1. The molecule has 1 fully saturated rings. The van der Waals surface area contributed by atoms with Gasteiger partial charge in [-0.2, -0.15) is 0 Å². The van der Waals surface area contributed by atoms with E-state index in [4.69, 9.17) is 12.2 Å². The van der Waals surface area contributed by atoms with Crippen molar-refractivity contribution in [2.45, 2.75) is 25.9 Å². The van der Waals surface area contributed by atoms with Crippen LogP contribution < -0.4 is 5.32 Å². The van der Waals surface area contributed by atoms with Crippen molar-refractivity contribution in [1.82, 2.24) is 24.7 Å². The van der Waals surface area contributed by atoms with Gasteiger partial charge < -0.3 is 19.7 Å². The Balaban J connectivity index is 2.03. The minimum absolute atomic E-state index is 0.0661. The molecule has 0 aliphatic carbocycles. The molecule has 5 nitrogen and oxygen atoms in total. The highest BCUT2D eigenvalue weighted by atomic mass is 32.1. The number of thiocarbonyl (C=S) groups is 1. The molecular weight excluding hydrogens is 330 g/mol. The van der Waals surface area contributed by atoms with E-state index in [1.165, 1.54) is 17.0 Å². The third-order valence-electron chi connectivity index (χ3n) is 5.12. The number of aromatic nitrogens is 2. The minimum atomic E-state index is 0.0661. The molecule has 2 atom stereocenters. The molecule has 25 heavy (non-hydrogen) atoms. The summed E-state index contributed by atoms with van der Waals surface area (Å²) in [6, 6.07) is 8.57. The van der Waals surface area contributed by atoms with E-state index in [1.54, 1.807) is 0 Å². The third kappa shape index (κ3) is 3.41. The number of nitrogens with one attached hydrogen (secondary N) is 1. The average molecular weight is 358 g/mol. The van der Waals surface area contributed by atoms with Gasteiger partial charge in [0.25, 0.3) is 0 Å². The van der Waals surface area contributed by atoms with E-state index >= 15 is 0 Å². The quantitative estimate of drug-likeness (QED) is 0.833. The third-order valence-corrected chi connectivity index (χ3v) is 5.47. The largest absolute Gasteiger partial charge is 0.352 e. The Kier molecular flexibility index (Phi) is 5.11. The maximum atomic E-state index is 5.69. The summed E-state index contributed by atoms with van der Waals surface area (Å²) in [6.07, 6.45) is 1.85. The number of rotatable bonds is 5. The van der Waals surface area contributed by atoms with E-state index in [9.17, 15) is 0 Å². The number of pyridine rings is 1. The topological polar surface area (TPSA) is 36.3 Å². The van der Waals surface area contributed by atoms with Crippen molar-refractivity contribution in [2.75, 3.05) is 27.2 Å². The van der Waals surface area contributed by atoms with Crippen LogP contribution in [0.3, 0.4) is 0 Å². The van der Waals surface area contributed by atoms with Crippen LogP contribution in [0.15, 0.2) is 30.5 Å². The molecule has 2 aromatic heterocycles. The molecular formula is C19H27N5S. The van der Waals surface area contributed by atoms with Crippen LogP contribution in [0.2, 0.25) is 0 Å². The van der Waals surface area contributed by atoms with Crippen LogP contribution in [0.25, 0.3) is 0 Å². The Labute approximate surface area is 155 Å². The van der Waals surface area contributed by atoms with Crippen LogP contribution in [0.1, 0.15) is 34.7 Å². The van der Waals surface area contributed by atoms with Gasteiger partial charge in [0.15, 0.2) is 5.11 Å². The highest BCUT2D eigenvalue weighted by molar-refractivity contribution is 7.80. The molecule has 0 saturated carbocycles. The molecule has 134 valence electrons. The number of aryl methyl sites for hydroxylation is 1. The monoisotopic (exact) mass is 357 g/mol. The lowest BCUT2D eigenvalue weighted by Crippen LogP contribution is -2.35. The van der Waals surface area contributed by atoms with Crippen LogP contribution in [0.4, 0.5) is 0 Å². The fraction of sp³-hybridized carbons (Fsp3) is 0.474. The van der Waals surface area contributed by atoms with Gasteiger partial charge in [0, 0.05) is 37.7 Å². The summed E-state index contributed by atoms with van der Waals surface area (Å²) in [5.41, 5.74) is 4.90. The van der Waals surface area contributed by atoms with Gasteiger partial charge in [-0.3, -0.25) is 4.98 Å². The van der Waals surface area contributed by atoms with Crippen molar-refractivity contribution < 1.29 is 0 Å². The van der Waals surface area contributed by atoms with Gasteiger partial charge in [-0.1, -0.05) is 6.07 Å².